The zero-order valence-corrected chi connectivity index (χ0v) is 11.6. The molecule has 0 amide bonds. The second-order valence-electron chi connectivity index (χ2n) is 2.35. The molecule has 0 aromatic heterocycles. The first-order chi connectivity index (χ1) is 6.32. The number of halogens is 1. The first-order valence-electron chi connectivity index (χ1n) is 3.24. The Morgan fingerprint density at radius 2 is 1.88 bits per heavy atom. The molecule has 10 heteroatoms. The maximum atomic E-state index is 10.6. The molecule has 3 N–H and O–H groups in total. The molecule has 1 rings (SSSR count). The number of nitro groups is 1. The average Bonchev–Trinajstić information content (AvgIpc) is 2.02. The van der Waals surface area contributed by atoms with Gasteiger partial charge in [0.15, 0.2) is 0 Å². The Hall–Kier alpha value is -0.220. The van der Waals surface area contributed by atoms with Crippen LogP contribution in [0.1, 0.15) is 0 Å². The van der Waals surface area contributed by atoms with Gasteiger partial charge in [0.2, 0.25) is 0 Å². The Morgan fingerprint density at radius 3 is 2.25 bits per heavy atom. The van der Waals surface area contributed by atoms with Crippen molar-refractivity contribution < 1.29 is 23.4 Å². The fourth-order valence-corrected chi connectivity index (χ4v) is 1.48. The van der Waals surface area contributed by atoms with Crippen molar-refractivity contribution in [2.24, 2.45) is 0 Å². The maximum Gasteiger partial charge on any atom is 0.294 e. The van der Waals surface area contributed by atoms with E-state index < -0.39 is 25.6 Å². The molecule has 0 unspecified atom stereocenters. The summed E-state index contributed by atoms with van der Waals surface area (Å²) >= 11 is 5.42. The largest absolute Gasteiger partial charge is 0.412 e. The standard InChI is InChI=1S/C6H4ClNO5S.Na.H2O/c7-5-2-1-4(14(11,12)13)3-6(5)8(9)10;;/h1-3H,(H,11,12,13);;1H2. The third kappa shape index (κ3) is 4.34. The van der Waals surface area contributed by atoms with Gasteiger partial charge in [-0.25, -0.2) is 0 Å². The second kappa shape index (κ2) is 6.50. The van der Waals surface area contributed by atoms with Crippen LogP contribution in [0.25, 0.3) is 0 Å². The molecule has 0 spiro atoms. The number of rotatable bonds is 2. The van der Waals surface area contributed by atoms with Gasteiger partial charge in [-0.1, -0.05) is 11.6 Å². The van der Waals surface area contributed by atoms with E-state index in [9.17, 15) is 18.5 Å². The Labute approximate surface area is 118 Å². The molecular weight excluding hydrogens is 273 g/mol. The summed E-state index contributed by atoms with van der Waals surface area (Å²) in [5, 5.41) is 10.2. The smallest absolute Gasteiger partial charge is 0.294 e. The monoisotopic (exact) mass is 278 g/mol. The van der Waals surface area contributed by atoms with Crippen molar-refractivity contribution in [3.05, 3.63) is 33.3 Å². The van der Waals surface area contributed by atoms with Gasteiger partial charge in [-0.2, -0.15) is 8.42 Å². The molecular formula is C6H6ClNNaO6S. The zero-order chi connectivity index (χ0) is 10.9. The Bertz CT molecular complexity index is 490. The van der Waals surface area contributed by atoms with Crippen molar-refractivity contribution in [2.45, 2.75) is 4.90 Å². The predicted octanol–water partition coefficient (Wildman–Crippen LogP) is 0.289. The van der Waals surface area contributed by atoms with Crippen LogP contribution in [0.4, 0.5) is 5.69 Å². The first-order valence-corrected chi connectivity index (χ1v) is 5.05. The molecule has 85 valence electrons. The summed E-state index contributed by atoms with van der Waals surface area (Å²) in [6.45, 7) is 0. The molecule has 7 nitrogen and oxygen atoms in total. The van der Waals surface area contributed by atoms with Crippen molar-refractivity contribution in [3.8, 4) is 0 Å². The number of hydrogen-bond donors (Lipinski definition) is 1. The van der Waals surface area contributed by atoms with E-state index in [1.165, 1.54) is 0 Å². The molecule has 0 aliphatic carbocycles. The summed E-state index contributed by atoms with van der Waals surface area (Å²) in [7, 11) is -4.44. The van der Waals surface area contributed by atoms with Crippen LogP contribution in [0.15, 0.2) is 23.1 Å². The molecule has 0 bridgehead atoms. The molecule has 0 heterocycles. The van der Waals surface area contributed by atoms with E-state index in [-0.39, 0.29) is 40.1 Å². The molecule has 0 aliphatic heterocycles. The van der Waals surface area contributed by atoms with Crippen LogP contribution >= 0.6 is 11.6 Å². The van der Waals surface area contributed by atoms with Crippen LogP contribution in [0.2, 0.25) is 5.02 Å². The Morgan fingerprint density at radius 1 is 1.38 bits per heavy atom. The zero-order valence-electron chi connectivity index (χ0n) is 8.05. The van der Waals surface area contributed by atoms with Crippen LogP contribution < -0.4 is 0 Å². The van der Waals surface area contributed by atoms with Gasteiger partial charge in [0.1, 0.15) is 9.92 Å². The van der Waals surface area contributed by atoms with E-state index in [2.05, 4.69) is 0 Å². The van der Waals surface area contributed by atoms with Crippen LogP contribution in [-0.4, -0.2) is 52.9 Å². The van der Waals surface area contributed by atoms with Crippen molar-refractivity contribution in [3.63, 3.8) is 0 Å². The van der Waals surface area contributed by atoms with Crippen molar-refractivity contribution in [1.29, 1.82) is 0 Å². The van der Waals surface area contributed by atoms with Crippen molar-refractivity contribution >= 4 is 57.0 Å². The molecule has 0 aliphatic rings. The quantitative estimate of drug-likeness (QED) is 0.360. The van der Waals surface area contributed by atoms with Gasteiger partial charge in [-0.15, -0.1) is 0 Å². The van der Waals surface area contributed by atoms with Gasteiger partial charge in [0.05, 0.1) is 4.92 Å². The summed E-state index contributed by atoms with van der Waals surface area (Å²) in [5.41, 5.74) is -0.568. The Balaban J connectivity index is 0. The first kappa shape index (κ1) is 18.2. The Kier molecular flexibility index (Phi) is 7.37. The second-order valence-corrected chi connectivity index (χ2v) is 4.17. The predicted molar refractivity (Wildman–Crippen MR) is 57.3 cm³/mol. The fraction of sp³-hybridized carbons (Fsp3) is 0. The van der Waals surface area contributed by atoms with Crippen LogP contribution in [0.5, 0.6) is 0 Å². The summed E-state index contributed by atoms with van der Waals surface area (Å²) < 4.78 is 29.8. The summed E-state index contributed by atoms with van der Waals surface area (Å²) in [6.07, 6.45) is 0. The minimum atomic E-state index is -4.44. The van der Waals surface area contributed by atoms with E-state index in [0.29, 0.717) is 6.07 Å². The molecule has 1 aromatic carbocycles. The average molecular weight is 279 g/mol. The van der Waals surface area contributed by atoms with Crippen LogP contribution in [0, 0.1) is 10.1 Å². The fourth-order valence-electron chi connectivity index (χ4n) is 0.793. The van der Waals surface area contributed by atoms with Crippen LogP contribution in [-0.2, 0) is 10.1 Å². The summed E-state index contributed by atoms with van der Waals surface area (Å²) in [6, 6.07) is 2.70. The van der Waals surface area contributed by atoms with Gasteiger partial charge < -0.3 is 5.48 Å². The molecule has 0 atom stereocenters. The number of nitro benzene ring substituents is 1. The number of hydrogen-bond acceptors (Lipinski definition) is 4. The maximum absolute atomic E-state index is 10.6. The molecule has 0 saturated heterocycles. The summed E-state index contributed by atoms with van der Waals surface area (Å²) in [4.78, 5) is 8.95. The SMILES string of the molecule is O.O=[N+]([O-])c1cc(S(=O)(=O)O)ccc1Cl.[Na]. The van der Waals surface area contributed by atoms with E-state index in [1.54, 1.807) is 0 Å². The van der Waals surface area contributed by atoms with Gasteiger partial charge in [-0.05, 0) is 12.1 Å². The summed E-state index contributed by atoms with van der Waals surface area (Å²) in [5.74, 6) is 0. The minimum absolute atomic E-state index is 0. The van der Waals surface area contributed by atoms with E-state index in [1.807, 2.05) is 0 Å². The van der Waals surface area contributed by atoms with Crippen molar-refractivity contribution in [1.82, 2.24) is 0 Å². The molecule has 0 fully saturated rings. The number of nitrogens with zero attached hydrogens (tertiary/aromatic N) is 1. The van der Waals surface area contributed by atoms with Crippen LogP contribution in [0.3, 0.4) is 0 Å². The normalized spacial score (nSPS) is 9.88. The minimum Gasteiger partial charge on any atom is -0.412 e. The van der Waals surface area contributed by atoms with E-state index in [4.69, 9.17) is 16.2 Å². The van der Waals surface area contributed by atoms with E-state index >= 15 is 0 Å². The topological polar surface area (TPSA) is 129 Å². The van der Waals surface area contributed by atoms with E-state index in [0.717, 1.165) is 12.1 Å². The molecule has 1 aromatic rings. The number of benzene rings is 1. The van der Waals surface area contributed by atoms with Gasteiger partial charge >= 0.3 is 0 Å². The molecule has 16 heavy (non-hydrogen) atoms. The third-order valence-corrected chi connectivity index (χ3v) is 2.58. The third-order valence-electron chi connectivity index (χ3n) is 1.41. The van der Waals surface area contributed by atoms with Crippen molar-refractivity contribution in [2.75, 3.05) is 0 Å². The van der Waals surface area contributed by atoms with Gasteiger partial charge in [0.25, 0.3) is 15.8 Å². The molecule has 0 saturated carbocycles. The van der Waals surface area contributed by atoms with Gasteiger partial charge in [0, 0.05) is 35.6 Å². The van der Waals surface area contributed by atoms with Gasteiger partial charge in [-0.3, -0.25) is 14.7 Å². The molecule has 1 radical (unpaired) electrons.